The molecule has 0 saturated carbocycles. The summed E-state index contributed by atoms with van der Waals surface area (Å²) >= 11 is 6.17. The lowest BCUT2D eigenvalue weighted by molar-refractivity contribution is -0.122. The van der Waals surface area contributed by atoms with Crippen LogP contribution in [0.2, 0.25) is 5.02 Å². The molecule has 1 aliphatic rings. The van der Waals surface area contributed by atoms with E-state index >= 15 is 0 Å². The number of carbonyl (C=O) groups excluding carboxylic acids is 1. The van der Waals surface area contributed by atoms with Crippen LogP contribution in [0.4, 0.5) is 0 Å². The van der Waals surface area contributed by atoms with Crippen molar-refractivity contribution in [1.29, 1.82) is 0 Å². The molecule has 2 atom stereocenters. The lowest BCUT2D eigenvalue weighted by Crippen LogP contribution is -2.43. The molecular formula is C14H22Cl2N4O. The quantitative estimate of drug-likeness (QED) is 0.594. The number of hydrazine groups is 1. The van der Waals surface area contributed by atoms with Crippen molar-refractivity contribution >= 4 is 29.9 Å². The summed E-state index contributed by atoms with van der Waals surface area (Å²) in [6, 6.07) is 7.55. The molecule has 7 heteroatoms. The third-order valence-electron chi connectivity index (χ3n) is 3.40. The lowest BCUT2D eigenvalue weighted by Gasteiger charge is -2.11. The molecule has 1 aromatic carbocycles. The van der Waals surface area contributed by atoms with E-state index < -0.39 is 0 Å². The second kappa shape index (κ2) is 9.23. The number of benzene rings is 1. The van der Waals surface area contributed by atoms with Gasteiger partial charge in [0.05, 0.1) is 0 Å². The molecular weight excluding hydrogens is 311 g/mol. The molecule has 0 bridgehead atoms. The first-order valence-electron chi connectivity index (χ1n) is 6.90. The molecule has 1 amide bonds. The van der Waals surface area contributed by atoms with Crippen molar-refractivity contribution in [3.05, 3.63) is 34.9 Å². The summed E-state index contributed by atoms with van der Waals surface area (Å²) in [6.45, 7) is 1.59. The number of rotatable bonds is 6. The topological polar surface area (TPSA) is 65.2 Å². The van der Waals surface area contributed by atoms with E-state index in [2.05, 4.69) is 21.5 Å². The van der Waals surface area contributed by atoms with E-state index in [0.717, 1.165) is 23.6 Å². The second-order valence-electron chi connectivity index (χ2n) is 4.90. The standard InChI is InChI=1S/C14H21ClN4O.ClH/c1-16-7-4-8-17-14(20)13-9-12(18-19-13)10-5-2-3-6-11(10)15;/h2-3,5-6,12-13,16,18-19H,4,7-9H2,1H3,(H,17,20);1H. The molecule has 1 aromatic rings. The second-order valence-corrected chi connectivity index (χ2v) is 5.31. The van der Waals surface area contributed by atoms with Gasteiger partial charge in [0.1, 0.15) is 6.04 Å². The summed E-state index contributed by atoms with van der Waals surface area (Å²) in [7, 11) is 1.90. The maximum absolute atomic E-state index is 12.0. The minimum atomic E-state index is -0.217. The molecule has 1 fully saturated rings. The van der Waals surface area contributed by atoms with Gasteiger partial charge in [0.15, 0.2) is 0 Å². The van der Waals surface area contributed by atoms with Crippen molar-refractivity contribution in [2.75, 3.05) is 20.1 Å². The Morgan fingerprint density at radius 2 is 2.10 bits per heavy atom. The zero-order valence-corrected chi connectivity index (χ0v) is 13.6. The number of carbonyl (C=O) groups is 1. The molecule has 0 aliphatic carbocycles. The molecule has 1 heterocycles. The Morgan fingerprint density at radius 1 is 1.33 bits per heavy atom. The van der Waals surface area contributed by atoms with Crippen molar-refractivity contribution in [3.8, 4) is 0 Å². The molecule has 0 aromatic heterocycles. The van der Waals surface area contributed by atoms with Crippen LogP contribution in [-0.4, -0.2) is 32.1 Å². The molecule has 5 nitrogen and oxygen atoms in total. The highest BCUT2D eigenvalue weighted by atomic mass is 35.5. The molecule has 4 N–H and O–H groups in total. The summed E-state index contributed by atoms with van der Waals surface area (Å²) in [4.78, 5) is 12.0. The van der Waals surface area contributed by atoms with Crippen LogP contribution in [0.3, 0.4) is 0 Å². The SMILES string of the molecule is CNCCCNC(=O)C1CC(c2ccccc2Cl)NN1.Cl. The number of halogens is 2. The predicted molar refractivity (Wildman–Crippen MR) is 87.7 cm³/mol. The van der Waals surface area contributed by atoms with E-state index in [0.29, 0.717) is 13.0 Å². The largest absolute Gasteiger partial charge is 0.355 e. The Bertz CT molecular complexity index is 458. The van der Waals surface area contributed by atoms with Crippen molar-refractivity contribution in [3.63, 3.8) is 0 Å². The van der Waals surface area contributed by atoms with Crippen LogP contribution in [0.25, 0.3) is 0 Å². The van der Waals surface area contributed by atoms with E-state index in [4.69, 9.17) is 11.6 Å². The number of nitrogens with one attached hydrogen (secondary N) is 4. The number of amides is 1. The van der Waals surface area contributed by atoms with Crippen LogP contribution in [0.15, 0.2) is 24.3 Å². The molecule has 21 heavy (non-hydrogen) atoms. The van der Waals surface area contributed by atoms with Gasteiger partial charge in [0.2, 0.25) is 5.91 Å². The van der Waals surface area contributed by atoms with Gasteiger partial charge >= 0.3 is 0 Å². The predicted octanol–water partition coefficient (Wildman–Crippen LogP) is 1.40. The van der Waals surface area contributed by atoms with Gasteiger partial charge in [0.25, 0.3) is 0 Å². The van der Waals surface area contributed by atoms with E-state index in [9.17, 15) is 4.79 Å². The van der Waals surface area contributed by atoms with E-state index in [-0.39, 0.29) is 30.4 Å². The summed E-state index contributed by atoms with van der Waals surface area (Å²) < 4.78 is 0. The van der Waals surface area contributed by atoms with Crippen molar-refractivity contribution in [2.24, 2.45) is 0 Å². The Hall–Kier alpha value is -0.850. The fourth-order valence-corrected chi connectivity index (χ4v) is 2.56. The average molecular weight is 333 g/mol. The van der Waals surface area contributed by atoms with E-state index in [1.165, 1.54) is 0 Å². The van der Waals surface area contributed by atoms with Crippen LogP contribution < -0.4 is 21.5 Å². The monoisotopic (exact) mass is 332 g/mol. The molecule has 118 valence electrons. The Kier molecular flexibility index (Phi) is 8.00. The highest BCUT2D eigenvalue weighted by Gasteiger charge is 2.30. The highest BCUT2D eigenvalue weighted by molar-refractivity contribution is 6.31. The first-order valence-corrected chi connectivity index (χ1v) is 7.28. The zero-order chi connectivity index (χ0) is 14.4. The van der Waals surface area contributed by atoms with Crippen LogP contribution in [0.5, 0.6) is 0 Å². The first kappa shape index (κ1) is 18.2. The normalized spacial score (nSPS) is 20.9. The zero-order valence-electron chi connectivity index (χ0n) is 12.0. The Labute approximate surface area is 136 Å². The van der Waals surface area contributed by atoms with Crippen LogP contribution >= 0.6 is 24.0 Å². The molecule has 2 rings (SSSR count). The fraction of sp³-hybridized carbons (Fsp3) is 0.500. The summed E-state index contributed by atoms with van der Waals surface area (Å²) in [6.07, 6.45) is 1.62. The van der Waals surface area contributed by atoms with Crippen LogP contribution in [0.1, 0.15) is 24.4 Å². The van der Waals surface area contributed by atoms with Gasteiger partial charge in [-0.15, -0.1) is 12.4 Å². The van der Waals surface area contributed by atoms with Gasteiger partial charge in [-0.1, -0.05) is 29.8 Å². The third kappa shape index (κ3) is 5.13. The van der Waals surface area contributed by atoms with Crippen molar-refractivity contribution < 1.29 is 4.79 Å². The highest BCUT2D eigenvalue weighted by Crippen LogP contribution is 2.28. The van der Waals surface area contributed by atoms with Crippen LogP contribution in [-0.2, 0) is 4.79 Å². The Balaban J connectivity index is 0.00000220. The first-order chi connectivity index (χ1) is 9.72. The third-order valence-corrected chi connectivity index (χ3v) is 3.75. The number of hydrogen-bond acceptors (Lipinski definition) is 4. The minimum absolute atomic E-state index is 0. The maximum Gasteiger partial charge on any atom is 0.238 e. The molecule has 1 saturated heterocycles. The Morgan fingerprint density at radius 3 is 2.81 bits per heavy atom. The van der Waals surface area contributed by atoms with Gasteiger partial charge in [-0.25, -0.2) is 10.9 Å². The summed E-state index contributed by atoms with van der Waals surface area (Å²) in [5.74, 6) is 0.0307. The van der Waals surface area contributed by atoms with E-state index in [1.807, 2.05) is 31.3 Å². The van der Waals surface area contributed by atoms with Gasteiger partial charge < -0.3 is 10.6 Å². The van der Waals surface area contributed by atoms with Crippen molar-refractivity contribution in [2.45, 2.75) is 24.9 Å². The van der Waals surface area contributed by atoms with Gasteiger partial charge in [-0.3, -0.25) is 4.79 Å². The van der Waals surface area contributed by atoms with Crippen molar-refractivity contribution in [1.82, 2.24) is 21.5 Å². The number of hydrogen-bond donors (Lipinski definition) is 4. The fourth-order valence-electron chi connectivity index (χ4n) is 2.29. The maximum atomic E-state index is 12.0. The van der Waals surface area contributed by atoms with E-state index in [1.54, 1.807) is 0 Å². The van der Waals surface area contributed by atoms with Gasteiger partial charge in [-0.05, 0) is 38.1 Å². The van der Waals surface area contributed by atoms with Crippen LogP contribution in [0, 0.1) is 0 Å². The summed E-state index contributed by atoms with van der Waals surface area (Å²) in [5, 5.41) is 6.71. The molecule has 2 unspecified atom stereocenters. The minimum Gasteiger partial charge on any atom is -0.355 e. The van der Waals surface area contributed by atoms with Gasteiger partial charge in [-0.2, -0.15) is 0 Å². The van der Waals surface area contributed by atoms with Gasteiger partial charge in [0, 0.05) is 17.6 Å². The molecule has 0 radical (unpaired) electrons. The smallest absolute Gasteiger partial charge is 0.238 e. The summed E-state index contributed by atoms with van der Waals surface area (Å²) in [5.41, 5.74) is 7.20. The lowest BCUT2D eigenvalue weighted by atomic mass is 10.0. The average Bonchev–Trinajstić information content (AvgIpc) is 2.93. The molecule has 0 spiro atoms. The molecule has 1 aliphatic heterocycles.